The van der Waals surface area contributed by atoms with E-state index in [1.165, 1.54) is 0 Å². The Balaban J connectivity index is 2.14. The predicted molar refractivity (Wildman–Crippen MR) is 81.4 cm³/mol. The van der Waals surface area contributed by atoms with Crippen molar-refractivity contribution in [2.75, 3.05) is 24.5 Å². The van der Waals surface area contributed by atoms with Gasteiger partial charge in [-0.25, -0.2) is 4.79 Å². The second-order valence-corrected chi connectivity index (χ2v) is 5.61. The van der Waals surface area contributed by atoms with Crippen molar-refractivity contribution in [1.82, 2.24) is 4.90 Å². The molecule has 1 N–H and O–H groups in total. The number of anilines is 1. The number of nitrogens with zero attached hydrogens (tertiary/aromatic N) is 2. The third kappa shape index (κ3) is 4.21. The minimum Gasteiger partial charge on any atom is -0.481 e. The Kier molecular flexibility index (Phi) is 5.20. The molecule has 0 saturated carbocycles. The Morgan fingerprint density at radius 2 is 2.05 bits per heavy atom. The summed E-state index contributed by atoms with van der Waals surface area (Å²) in [6.45, 7) is 3.83. The van der Waals surface area contributed by atoms with Crippen molar-refractivity contribution in [2.24, 2.45) is 5.92 Å². The molecule has 1 aromatic rings. The summed E-state index contributed by atoms with van der Waals surface area (Å²) in [4.78, 5) is 27.0. The molecule has 1 atom stereocenters. The van der Waals surface area contributed by atoms with Crippen molar-refractivity contribution in [3.05, 3.63) is 30.3 Å². The highest BCUT2D eigenvalue weighted by Gasteiger charge is 2.26. The monoisotopic (exact) mass is 290 g/mol. The van der Waals surface area contributed by atoms with E-state index >= 15 is 0 Å². The number of carboxylic acids is 1. The summed E-state index contributed by atoms with van der Waals surface area (Å²) in [5.41, 5.74) is 0.752. The third-order valence-corrected chi connectivity index (χ3v) is 3.78. The first-order valence-corrected chi connectivity index (χ1v) is 7.41. The van der Waals surface area contributed by atoms with E-state index in [1.807, 2.05) is 35.2 Å². The molecular formula is C16H22N2O3. The van der Waals surface area contributed by atoms with Gasteiger partial charge in [0.2, 0.25) is 0 Å². The number of piperidine rings is 1. The van der Waals surface area contributed by atoms with Crippen LogP contribution in [0.5, 0.6) is 0 Å². The molecule has 0 bridgehead atoms. The van der Waals surface area contributed by atoms with Crippen LogP contribution in [0.2, 0.25) is 0 Å². The van der Waals surface area contributed by atoms with Gasteiger partial charge in [0.05, 0.1) is 6.42 Å². The van der Waals surface area contributed by atoms with Gasteiger partial charge in [-0.15, -0.1) is 0 Å². The smallest absolute Gasteiger partial charge is 0.324 e. The number of hydrogen-bond acceptors (Lipinski definition) is 2. The van der Waals surface area contributed by atoms with Crippen molar-refractivity contribution in [1.29, 1.82) is 0 Å². The number of hydrogen-bond donors (Lipinski definition) is 1. The van der Waals surface area contributed by atoms with Gasteiger partial charge in [-0.2, -0.15) is 0 Å². The van der Waals surface area contributed by atoms with E-state index in [0.29, 0.717) is 5.92 Å². The minimum atomic E-state index is -0.893. The number of para-hydroxylation sites is 1. The fourth-order valence-corrected chi connectivity index (χ4v) is 2.68. The number of rotatable bonds is 4. The van der Waals surface area contributed by atoms with Crippen LogP contribution >= 0.6 is 0 Å². The molecule has 1 saturated heterocycles. The van der Waals surface area contributed by atoms with Gasteiger partial charge in [0, 0.05) is 25.3 Å². The topological polar surface area (TPSA) is 60.9 Å². The molecule has 1 heterocycles. The Morgan fingerprint density at radius 1 is 1.33 bits per heavy atom. The van der Waals surface area contributed by atoms with Crippen LogP contribution in [0.1, 0.15) is 26.2 Å². The molecule has 2 amide bonds. The lowest BCUT2D eigenvalue weighted by molar-refractivity contribution is -0.136. The number of benzene rings is 1. The number of carbonyl (C=O) groups is 2. The minimum absolute atomic E-state index is 0.0516. The molecule has 0 aliphatic carbocycles. The fourth-order valence-electron chi connectivity index (χ4n) is 2.68. The van der Waals surface area contributed by atoms with Crippen LogP contribution in [0.25, 0.3) is 0 Å². The molecule has 0 aromatic heterocycles. The third-order valence-electron chi connectivity index (χ3n) is 3.78. The van der Waals surface area contributed by atoms with Gasteiger partial charge in [0.1, 0.15) is 0 Å². The van der Waals surface area contributed by atoms with Crippen LogP contribution in [-0.2, 0) is 4.79 Å². The largest absolute Gasteiger partial charge is 0.481 e. The zero-order valence-electron chi connectivity index (χ0n) is 12.4. The van der Waals surface area contributed by atoms with E-state index in [9.17, 15) is 9.59 Å². The highest BCUT2D eigenvalue weighted by Crippen LogP contribution is 2.21. The zero-order chi connectivity index (χ0) is 15.2. The quantitative estimate of drug-likeness (QED) is 0.927. The maximum Gasteiger partial charge on any atom is 0.324 e. The molecule has 1 aliphatic rings. The molecule has 114 valence electrons. The summed E-state index contributed by atoms with van der Waals surface area (Å²) in [7, 11) is 0. The number of aliphatic carboxylic acids is 1. The molecule has 1 aromatic carbocycles. The van der Waals surface area contributed by atoms with Gasteiger partial charge in [-0.3, -0.25) is 9.69 Å². The molecule has 0 radical (unpaired) electrons. The van der Waals surface area contributed by atoms with Gasteiger partial charge in [-0.05, 0) is 30.9 Å². The number of carboxylic acid groups (broad SMARTS) is 1. The van der Waals surface area contributed by atoms with Crippen LogP contribution in [0.4, 0.5) is 10.5 Å². The van der Waals surface area contributed by atoms with Crippen LogP contribution < -0.4 is 4.90 Å². The summed E-state index contributed by atoms with van der Waals surface area (Å²) in [5.74, 6) is -0.393. The molecule has 5 heteroatoms. The molecule has 2 rings (SSSR count). The van der Waals surface area contributed by atoms with Gasteiger partial charge in [-0.1, -0.05) is 25.1 Å². The standard InChI is InChI=1S/C16H22N2O3/c1-13-6-5-10-17(12-13)16(21)18(11-9-15(19)20)14-7-3-2-4-8-14/h2-4,7-8,13H,5-6,9-12H2,1H3,(H,19,20). The molecule has 0 spiro atoms. The van der Waals surface area contributed by atoms with Crippen LogP contribution in [-0.4, -0.2) is 41.6 Å². The Hall–Kier alpha value is -2.04. The van der Waals surface area contributed by atoms with E-state index in [4.69, 9.17) is 5.11 Å². The van der Waals surface area contributed by atoms with Crippen LogP contribution in [0, 0.1) is 5.92 Å². The van der Waals surface area contributed by atoms with Crippen molar-refractivity contribution in [3.8, 4) is 0 Å². The fraction of sp³-hybridized carbons (Fsp3) is 0.500. The van der Waals surface area contributed by atoms with Crippen molar-refractivity contribution < 1.29 is 14.7 Å². The highest BCUT2D eigenvalue weighted by atomic mass is 16.4. The zero-order valence-corrected chi connectivity index (χ0v) is 12.4. The van der Waals surface area contributed by atoms with Gasteiger partial charge in [0.15, 0.2) is 0 Å². The summed E-state index contributed by atoms with van der Waals surface area (Å²) in [6, 6.07) is 9.19. The van der Waals surface area contributed by atoms with E-state index in [-0.39, 0.29) is 19.0 Å². The van der Waals surface area contributed by atoms with E-state index in [1.54, 1.807) is 4.90 Å². The molecular weight excluding hydrogens is 268 g/mol. The van der Waals surface area contributed by atoms with Crippen molar-refractivity contribution in [2.45, 2.75) is 26.2 Å². The summed E-state index contributed by atoms with van der Waals surface area (Å²) in [5, 5.41) is 8.89. The van der Waals surface area contributed by atoms with Crippen LogP contribution in [0.3, 0.4) is 0 Å². The lowest BCUT2D eigenvalue weighted by atomic mass is 10.0. The Morgan fingerprint density at radius 3 is 2.67 bits per heavy atom. The van der Waals surface area contributed by atoms with Gasteiger partial charge >= 0.3 is 12.0 Å². The SMILES string of the molecule is CC1CCCN(C(=O)N(CCC(=O)O)c2ccccc2)C1. The second-order valence-electron chi connectivity index (χ2n) is 5.61. The Bertz CT molecular complexity index is 490. The maximum atomic E-state index is 12.7. The highest BCUT2D eigenvalue weighted by molar-refractivity contribution is 5.92. The van der Waals surface area contributed by atoms with Crippen molar-refractivity contribution >= 4 is 17.7 Å². The van der Waals surface area contributed by atoms with E-state index in [0.717, 1.165) is 31.6 Å². The first kappa shape index (κ1) is 15.4. The molecule has 1 fully saturated rings. The van der Waals surface area contributed by atoms with Crippen LogP contribution in [0.15, 0.2) is 30.3 Å². The van der Waals surface area contributed by atoms with Crippen molar-refractivity contribution in [3.63, 3.8) is 0 Å². The Labute approximate surface area is 125 Å². The second kappa shape index (κ2) is 7.11. The summed E-state index contributed by atoms with van der Waals surface area (Å²) < 4.78 is 0. The molecule has 21 heavy (non-hydrogen) atoms. The normalized spacial score (nSPS) is 18.3. The number of carbonyl (C=O) groups excluding carboxylic acids is 1. The molecule has 5 nitrogen and oxygen atoms in total. The number of likely N-dealkylation sites (tertiary alicyclic amines) is 1. The molecule has 1 unspecified atom stereocenters. The predicted octanol–water partition coefficient (Wildman–Crippen LogP) is 2.82. The van der Waals surface area contributed by atoms with Gasteiger partial charge < -0.3 is 10.0 Å². The lowest BCUT2D eigenvalue weighted by Gasteiger charge is -2.35. The summed E-state index contributed by atoms with van der Waals surface area (Å²) in [6.07, 6.45) is 2.10. The number of amides is 2. The average Bonchev–Trinajstić information content (AvgIpc) is 2.48. The van der Waals surface area contributed by atoms with Gasteiger partial charge in [0.25, 0.3) is 0 Å². The lowest BCUT2D eigenvalue weighted by Crippen LogP contribution is -2.48. The first-order valence-electron chi connectivity index (χ1n) is 7.41. The van der Waals surface area contributed by atoms with E-state index in [2.05, 4.69) is 6.92 Å². The first-order chi connectivity index (χ1) is 10.1. The maximum absolute atomic E-state index is 12.7. The average molecular weight is 290 g/mol. The van der Waals surface area contributed by atoms with E-state index < -0.39 is 5.97 Å². The summed E-state index contributed by atoms with van der Waals surface area (Å²) >= 11 is 0. The number of urea groups is 1. The molecule has 1 aliphatic heterocycles.